The fourth-order valence-corrected chi connectivity index (χ4v) is 4.51. The molecule has 7 heteroatoms. The van der Waals surface area contributed by atoms with Gasteiger partial charge in [-0.3, -0.25) is 4.79 Å². The summed E-state index contributed by atoms with van der Waals surface area (Å²) in [6.07, 6.45) is -3.55. The number of ketones is 1. The topological polar surface area (TPSA) is 26.3 Å². The summed E-state index contributed by atoms with van der Waals surface area (Å²) in [4.78, 5) is 12.0. The van der Waals surface area contributed by atoms with E-state index in [-0.39, 0.29) is 48.9 Å². The lowest BCUT2D eigenvalue weighted by atomic mass is 9.58. The summed E-state index contributed by atoms with van der Waals surface area (Å²) in [7, 11) is 0. The lowest BCUT2D eigenvalue weighted by molar-refractivity contribution is -0.137. The van der Waals surface area contributed by atoms with E-state index >= 15 is 0 Å². The summed E-state index contributed by atoms with van der Waals surface area (Å²) in [5.41, 5.74) is -0.998. The molecule has 1 fully saturated rings. The van der Waals surface area contributed by atoms with Gasteiger partial charge in [0.05, 0.1) is 12.2 Å². The largest absolute Gasteiger partial charge is 0.490 e. The second-order valence-electron chi connectivity index (χ2n) is 7.51. The lowest BCUT2D eigenvalue weighted by Crippen LogP contribution is -2.49. The molecule has 0 saturated heterocycles. The van der Waals surface area contributed by atoms with E-state index in [1.54, 1.807) is 0 Å². The first-order chi connectivity index (χ1) is 13.2. The maximum absolute atomic E-state index is 14.8. The third kappa shape index (κ3) is 3.06. The summed E-state index contributed by atoms with van der Waals surface area (Å²) in [6.45, 7) is 0.0692. The Labute approximate surface area is 158 Å². The third-order valence-corrected chi connectivity index (χ3v) is 5.89. The number of halogens is 5. The molecule has 28 heavy (non-hydrogen) atoms. The van der Waals surface area contributed by atoms with E-state index in [1.165, 1.54) is 12.1 Å². The van der Waals surface area contributed by atoms with Crippen molar-refractivity contribution in [3.05, 3.63) is 64.7 Å². The van der Waals surface area contributed by atoms with Crippen LogP contribution in [0.15, 0.2) is 36.4 Å². The highest BCUT2D eigenvalue weighted by atomic mass is 19.4. The van der Waals surface area contributed by atoms with Crippen LogP contribution in [0.5, 0.6) is 5.75 Å². The normalized spacial score (nSPS) is 24.3. The molecule has 2 aromatic carbocycles. The van der Waals surface area contributed by atoms with Crippen molar-refractivity contribution in [2.24, 2.45) is 5.92 Å². The minimum absolute atomic E-state index is 0.0249. The van der Waals surface area contributed by atoms with Gasteiger partial charge in [-0.15, -0.1) is 0 Å². The Morgan fingerprint density at radius 1 is 1.04 bits per heavy atom. The van der Waals surface area contributed by atoms with Crippen molar-refractivity contribution in [2.45, 2.75) is 37.3 Å². The Balaban J connectivity index is 1.80. The Morgan fingerprint density at radius 3 is 2.39 bits per heavy atom. The first kappa shape index (κ1) is 18.9. The molecule has 1 heterocycles. The first-order valence-corrected chi connectivity index (χ1v) is 9.00. The summed E-state index contributed by atoms with van der Waals surface area (Å²) in [5, 5.41) is 0. The molecule has 0 unspecified atom stereocenters. The smallest absolute Gasteiger partial charge is 0.416 e. The van der Waals surface area contributed by atoms with Gasteiger partial charge in [-0.25, -0.2) is 8.78 Å². The SMILES string of the molecule is O=C1CC[C@@]2(Cc3ccc(C(F)(F)F)cc3)c3c(F)ccc(F)c3OC[C@H]2C1. The Kier molecular flexibility index (Phi) is 4.43. The molecular weight excluding hydrogens is 379 g/mol. The van der Waals surface area contributed by atoms with Crippen LogP contribution in [0.1, 0.15) is 36.0 Å². The van der Waals surface area contributed by atoms with E-state index in [1.807, 2.05) is 0 Å². The van der Waals surface area contributed by atoms with Crippen LogP contribution in [0, 0.1) is 17.6 Å². The zero-order chi connectivity index (χ0) is 20.1. The number of carbonyl (C=O) groups excluding carboxylic acids is 1. The number of benzene rings is 2. The standard InChI is InChI=1S/C21H17F5O2/c22-16-5-6-17(23)19-18(16)20(8-7-15(27)9-14(20)11-28-19)10-12-1-3-13(4-2-12)21(24,25)26/h1-6,14H,7-11H2/t14-,20+/m1/s1. The fourth-order valence-electron chi connectivity index (χ4n) is 4.51. The number of Topliss-reactive ketones (excluding diaryl/α,β-unsaturated/α-hetero) is 1. The molecule has 0 N–H and O–H groups in total. The van der Waals surface area contributed by atoms with Gasteiger partial charge in [-0.1, -0.05) is 12.1 Å². The van der Waals surface area contributed by atoms with Crippen molar-refractivity contribution in [1.29, 1.82) is 0 Å². The Hall–Kier alpha value is -2.44. The number of hydrogen-bond acceptors (Lipinski definition) is 2. The van der Waals surface area contributed by atoms with Gasteiger partial charge in [-0.2, -0.15) is 13.2 Å². The van der Waals surface area contributed by atoms with Crippen LogP contribution in [0.25, 0.3) is 0 Å². The Morgan fingerprint density at radius 2 is 1.71 bits per heavy atom. The van der Waals surface area contributed by atoms with Gasteiger partial charge in [0.25, 0.3) is 0 Å². The van der Waals surface area contributed by atoms with Crippen molar-refractivity contribution in [3.63, 3.8) is 0 Å². The van der Waals surface area contributed by atoms with Crippen LogP contribution >= 0.6 is 0 Å². The first-order valence-electron chi connectivity index (χ1n) is 9.00. The maximum Gasteiger partial charge on any atom is 0.416 e. The highest BCUT2D eigenvalue weighted by Crippen LogP contribution is 2.52. The van der Waals surface area contributed by atoms with Crippen LogP contribution in [-0.4, -0.2) is 12.4 Å². The van der Waals surface area contributed by atoms with E-state index in [0.717, 1.165) is 24.3 Å². The second-order valence-corrected chi connectivity index (χ2v) is 7.51. The summed E-state index contributed by atoms with van der Waals surface area (Å²) in [6, 6.07) is 6.71. The van der Waals surface area contributed by atoms with Crippen LogP contribution < -0.4 is 4.74 Å². The Bertz CT molecular complexity index is 920. The predicted molar refractivity (Wildman–Crippen MR) is 91.0 cm³/mol. The van der Waals surface area contributed by atoms with Crippen LogP contribution in [0.3, 0.4) is 0 Å². The maximum atomic E-state index is 14.8. The average Bonchev–Trinajstić information content (AvgIpc) is 2.64. The van der Waals surface area contributed by atoms with Crippen molar-refractivity contribution < 1.29 is 31.5 Å². The number of ether oxygens (including phenoxy) is 1. The monoisotopic (exact) mass is 396 g/mol. The summed E-state index contributed by atoms with van der Waals surface area (Å²) < 4.78 is 73.1. The highest BCUT2D eigenvalue weighted by molar-refractivity contribution is 5.80. The lowest BCUT2D eigenvalue weighted by Gasteiger charge is -2.48. The molecule has 148 valence electrons. The molecule has 0 radical (unpaired) electrons. The van der Waals surface area contributed by atoms with Gasteiger partial charge in [0.2, 0.25) is 0 Å². The van der Waals surface area contributed by atoms with E-state index in [2.05, 4.69) is 0 Å². The van der Waals surface area contributed by atoms with E-state index in [9.17, 15) is 26.7 Å². The number of rotatable bonds is 2. The molecule has 0 amide bonds. The number of fused-ring (bicyclic) bond motifs is 3. The number of hydrogen-bond donors (Lipinski definition) is 0. The van der Waals surface area contributed by atoms with Crippen molar-refractivity contribution in [1.82, 2.24) is 0 Å². The third-order valence-electron chi connectivity index (χ3n) is 5.89. The van der Waals surface area contributed by atoms with Crippen molar-refractivity contribution in [2.75, 3.05) is 6.61 Å². The van der Waals surface area contributed by atoms with Gasteiger partial charge in [0.1, 0.15) is 11.6 Å². The zero-order valence-corrected chi connectivity index (χ0v) is 14.8. The minimum atomic E-state index is -4.45. The van der Waals surface area contributed by atoms with Crippen LogP contribution in [0.4, 0.5) is 22.0 Å². The van der Waals surface area contributed by atoms with Gasteiger partial charge < -0.3 is 4.74 Å². The van der Waals surface area contributed by atoms with Gasteiger partial charge in [0, 0.05) is 29.7 Å². The minimum Gasteiger partial charge on any atom is -0.490 e. The molecule has 1 aliphatic carbocycles. The molecule has 4 rings (SSSR count). The molecule has 1 aliphatic heterocycles. The molecule has 2 atom stereocenters. The molecule has 0 aromatic heterocycles. The molecule has 0 bridgehead atoms. The van der Waals surface area contributed by atoms with E-state index in [4.69, 9.17) is 4.74 Å². The van der Waals surface area contributed by atoms with E-state index < -0.39 is 28.8 Å². The molecule has 2 aromatic rings. The molecule has 0 spiro atoms. The molecule has 1 saturated carbocycles. The van der Waals surface area contributed by atoms with E-state index in [0.29, 0.717) is 12.0 Å². The summed E-state index contributed by atoms with van der Waals surface area (Å²) in [5.74, 6) is -1.80. The van der Waals surface area contributed by atoms with Gasteiger partial charge in [0.15, 0.2) is 11.6 Å². The fraction of sp³-hybridized carbons (Fsp3) is 0.381. The number of alkyl halides is 3. The van der Waals surface area contributed by atoms with Crippen LogP contribution in [0.2, 0.25) is 0 Å². The quantitative estimate of drug-likeness (QED) is 0.650. The van der Waals surface area contributed by atoms with Crippen molar-refractivity contribution in [3.8, 4) is 5.75 Å². The van der Waals surface area contributed by atoms with Crippen LogP contribution in [-0.2, 0) is 22.8 Å². The molecule has 2 nitrogen and oxygen atoms in total. The van der Waals surface area contributed by atoms with Crippen molar-refractivity contribution >= 4 is 5.78 Å². The molecular formula is C21H17F5O2. The summed E-state index contributed by atoms with van der Waals surface area (Å²) >= 11 is 0. The average molecular weight is 396 g/mol. The second kappa shape index (κ2) is 6.57. The van der Waals surface area contributed by atoms with Gasteiger partial charge in [-0.05, 0) is 42.7 Å². The predicted octanol–water partition coefficient (Wildman–Crippen LogP) is 5.23. The highest BCUT2D eigenvalue weighted by Gasteiger charge is 2.51. The number of carbonyl (C=O) groups is 1. The van der Waals surface area contributed by atoms with Gasteiger partial charge >= 0.3 is 6.18 Å². The zero-order valence-electron chi connectivity index (χ0n) is 14.8. The molecule has 2 aliphatic rings.